The van der Waals surface area contributed by atoms with E-state index >= 15 is 0 Å². The van der Waals surface area contributed by atoms with Crippen molar-refractivity contribution in [1.82, 2.24) is 5.32 Å². The lowest BCUT2D eigenvalue weighted by Gasteiger charge is -2.00. The van der Waals surface area contributed by atoms with Crippen molar-refractivity contribution in [1.29, 1.82) is 0 Å². The molecule has 1 N–H and O–H groups in total. The summed E-state index contributed by atoms with van der Waals surface area (Å²) in [5.41, 5.74) is 0. The highest BCUT2D eigenvalue weighted by atomic mass is 14.8. The molecule has 0 unspecified atom stereocenters. The first-order chi connectivity index (χ1) is 5.91. The van der Waals surface area contributed by atoms with Crippen molar-refractivity contribution in [2.45, 2.75) is 52.4 Å². The van der Waals surface area contributed by atoms with Gasteiger partial charge in [0, 0.05) is 6.54 Å². The average molecular weight is 169 g/mol. The SMILES string of the molecule is C/C=C/NCCCCCCCC. The summed E-state index contributed by atoms with van der Waals surface area (Å²) in [4.78, 5) is 0. The standard InChI is InChI=1S/C11H23N/c1-3-5-6-7-8-9-11-12-10-4-2/h4,10,12H,3,5-9,11H2,1-2H3/b10-4+. The molecule has 0 saturated heterocycles. The molecule has 0 atom stereocenters. The van der Waals surface area contributed by atoms with E-state index in [-0.39, 0.29) is 0 Å². The molecule has 0 aromatic rings. The fraction of sp³-hybridized carbons (Fsp3) is 0.818. The smallest absolute Gasteiger partial charge is 0.0141 e. The van der Waals surface area contributed by atoms with Crippen molar-refractivity contribution in [3.63, 3.8) is 0 Å². The Kier molecular flexibility index (Phi) is 10.1. The topological polar surface area (TPSA) is 12.0 Å². The van der Waals surface area contributed by atoms with Crippen LogP contribution in [0.15, 0.2) is 12.3 Å². The molecule has 0 spiro atoms. The second-order valence-electron chi connectivity index (χ2n) is 3.22. The predicted octanol–water partition coefficient (Wildman–Crippen LogP) is 3.47. The minimum atomic E-state index is 1.14. The fourth-order valence-electron chi connectivity index (χ4n) is 1.21. The van der Waals surface area contributed by atoms with Crippen molar-refractivity contribution in [2.75, 3.05) is 6.54 Å². The van der Waals surface area contributed by atoms with E-state index in [0.29, 0.717) is 0 Å². The molecule has 0 fully saturated rings. The highest BCUT2D eigenvalue weighted by molar-refractivity contribution is 4.73. The molecule has 1 nitrogen and oxygen atoms in total. The van der Waals surface area contributed by atoms with Crippen LogP contribution in [0.1, 0.15) is 52.4 Å². The third-order valence-electron chi connectivity index (χ3n) is 1.96. The third kappa shape index (κ3) is 9.54. The molecule has 12 heavy (non-hydrogen) atoms. The molecule has 0 aliphatic heterocycles. The highest BCUT2D eigenvalue weighted by Gasteiger charge is 1.87. The van der Waals surface area contributed by atoms with Crippen LogP contribution < -0.4 is 5.32 Å². The van der Waals surface area contributed by atoms with Gasteiger partial charge in [-0.1, -0.05) is 45.1 Å². The molecule has 0 aromatic heterocycles. The van der Waals surface area contributed by atoms with Gasteiger partial charge in [0.2, 0.25) is 0 Å². The van der Waals surface area contributed by atoms with Gasteiger partial charge in [0.15, 0.2) is 0 Å². The Labute approximate surface area is 77.2 Å². The van der Waals surface area contributed by atoms with E-state index in [1.807, 2.05) is 19.2 Å². The maximum absolute atomic E-state index is 3.25. The molecule has 0 aromatic carbocycles. The van der Waals surface area contributed by atoms with Crippen LogP contribution in [0, 0.1) is 0 Å². The average Bonchev–Trinajstić information content (AvgIpc) is 2.10. The first kappa shape index (κ1) is 11.5. The molecule has 0 saturated carbocycles. The van der Waals surface area contributed by atoms with Gasteiger partial charge in [-0.3, -0.25) is 0 Å². The van der Waals surface area contributed by atoms with Crippen LogP contribution in [0.5, 0.6) is 0 Å². The molecule has 0 aliphatic carbocycles. The third-order valence-corrected chi connectivity index (χ3v) is 1.96. The Balaban J connectivity index is 2.81. The summed E-state index contributed by atoms with van der Waals surface area (Å²) >= 11 is 0. The molecule has 0 radical (unpaired) electrons. The fourth-order valence-corrected chi connectivity index (χ4v) is 1.21. The van der Waals surface area contributed by atoms with Crippen LogP contribution >= 0.6 is 0 Å². The first-order valence-electron chi connectivity index (χ1n) is 5.26. The van der Waals surface area contributed by atoms with Crippen LogP contribution in [0.25, 0.3) is 0 Å². The van der Waals surface area contributed by atoms with Crippen molar-refractivity contribution in [2.24, 2.45) is 0 Å². The maximum Gasteiger partial charge on any atom is 0.0141 e. The normalized spacial score (nSPS) is 10.8. The minimum Gasteiger partial charge on any atom is -0.391 e. The van der Waals surface area contributed by atoms with Gasteiger partial charge in [-0.2, -0.15) is 0 Å². The summed E-state index contributed by atoms with van der Waals surface area (Å²) in [6.07, 6.45) is 12.3. The Morgan fingerprint density at radius 1 is 1.00 bits per heavy atom. The monoisotopic (exact) mass is 169 g/mol. The highest BCUT2D eigenvalue weighted by Crippen LogP contribution is 2.03. The van der Waals surface area contributed by atoms with E-state index in [2.05, 4.69) is 12.2 Å². The lowest BCUT2D eigenvalue weighted by Crippen LogP contribution is -2.05. The van der Waals surface area contributed by atoms with Gasteiger partial charge in [0.05, 0.1) is 0 Å². The van der Waals surface area contributed by atoms with Gasteiger partial charge in [0.25, 0.3) is 0 Å². The number of allylic oxidation sites excluding steroid dienone is 1. The zero-order valence-corrected chi connectivity index (χ0v) is 8.60. The molecule has 0 bridgehead atoms. The second kappa shape index (κ2) is 10.5. The van der Waals surface area contributed by atoms with Crippen molar-refractivity contribution in [3.8, 4) is 0 Å². The first-order valence-corrected chi connectivity index (χ1v) is 5.26. The van der Waals surface area contributed by atoms with E-state index < -0.39 is 0 Å². The van der Waals surface area contributed by atoms with Crippen molar-refractivity contribution in [3.05, 3.63) is 12.3 Å². The molecule has 1 heteroatoms. The lowest BCUT2D eigenvalue weighted by molar-refractivity contribution is 0.598. The summed E-state index contributed by atoms with van der Waals surface area (Å²) in [5, 5.41) is 3.25. The van der Waals surface area contributed by atoms with Gasteiger partial charge in [0.1, 0.15) is 0 Å². The van der Waals surface area contributed by atoms with Crippen molar-refractivity contribution < 1.29 is 0 Å². The van der Waals surface area contributed by atoms with E-state index in [1.165, 1.54) is 38.5 Å². The van der Waals surface area contributed by atoms with E-state index in [9.17, 15) is 0 Å². The zero-order chi connectivity index (χ0) is 9.07. The maximum atomic E-state index is 3.25. The molecule has 0 rings (SSSR count). The Morgan fingerprint density at radius 2 is 1.67 bits per heavy atom. The molecule has 0 aliphatic rings. The van der Waals surface area contributed by atoms with Crippen LogP contribution in [0.4, 0.5) is 0 Å². The number of rotatable bonds is 8. The zero-order valence-electron chi connectivity index (χ0n) is 8.60. The Morgan fingerprint density at radius 3 is 2.33 bits per heavy atom. The van der Waals surface area contributed by atoms with Gasteiger partial charge in [-0.25, -0.2) is 0 Å². The predicted molar refractivity (Wildman–Crippen MR) is 56.2 cm³/mol. The lowest BCUT2D eigenvalue weighted by atomic mass is 10.1. The number of hydrogen-bond acceptors (Lipinski definition) is 1. The summed E-state index contributed by atoms with van der Waals surface area (Å²) in [6.45, 7) is 5.43. The van der Waals surface area contributed by atoms with Gasteiger partial charge >= 0.3 is 0 Å². The van der Waals surface area contributed by atoms with Crippen LogP contribution in [0.3, 0.4) is 0 Å². The molecule has 0 heterocycles. The van der Waals surface area contributed by atoms with E-state index in [0.717, 1.165) is 6.54 Å². The second-order valence-corrected chi connectivity index (χ2v) is 3.22. The quantitative estimate of drug-likeness (QED) is 0.549. The molecule has 0 amide bonds. The van der Waals surface area contributed by atoms with Gasteiger partial charge in [-0.05, 0) is 19.5 Å². The number of nitrogens with one attached hydrogen (secondary N) is 1. The largest absolute Gasteiger partial charge is 0.391 e. The summed E-state index contributed by atoms with van der Waals surface area (Å²) in [7, 11) is 0. The minimum absolute atomic E-state index is 1.14. The molecule has 72 valence electrons. The van der Waals surface area contributed by atoms with Gasteiger partial charge < -0.3 is 5.32 Å². The molecular formula is C11H23N. The van der Waals surface area contributed by atoms with E-state index in [1.54, 1.807) is 0 Å². The van der Waals surface area contributed by atoms with Crippen LogP contribution in [-0.2, 0) is 0 Å². The van der Waals surface area contributed by atoms with Gasteiger partial charge in [-0.15, -0.1) is 0 Å². The summed E-state index contributed by atoms with van der Waals surface area (Å²) < 4.78 is 0. The van der Waals surface area contributed by atoms with Crippen LogP contribution in [-0.4, -0.2) is 6.54 Å². The number of unbranched alkanes of at least 4 members (excludes halogenated alkanes) is 5. The summed E-state index contributed by atoms with van der Waals surface area (Å²) in [6, 6.07) is 0. The Hall–Kier alpha value is -0.460. The number of hydrogen-bond donors (Lipinski definition) is 1. The van der Waals surface area contributed by atoms with Crippen LogP contribution in [0.2, 0.25) is 0 Å². The summed E-state index contributed by atoms with van der Waals surface area (Å²) in [5.74, 6) is 0. The molecular weight excluding hydrogens is 146 g/mol. The Bertz CT molecular complexity index is 97.2. The van der Waals surface area contributed by atoms with Crippen molar-refractivity contribution >= 4 is 0 Å². The van der Waals surface area contributed by atoms with E-state index in [4.69, 9.17) is 0 Å².